The largest absolute Gasteiger partial charge is 0.493 e. The van der Waals surface area contributed by atoms with Gasteiger partial charge in [-0.05, 0) is 18.5 Å². The van der Waals surface area contributed by atoms with Crippen LogP contribution in [0.3, 0.4) is 0 Å². The molecule has 1 saturated heterocycles. The first-order chi connectivity index (χ1) is 13.2. The van der Waals surface area contributed by atoms with Crippen LogP contribution in [0.2, 0.25) is 5.28 Å². The van der Waals surface area contributed by atoms with Gasteiger partial charge in [0.15, 0.2) is 11.2 Å². The van der Waals surface area contributed by atoms with Gasteiger partial charge in [0.1, 0.15) is 0 Å². The van der Waals surface area contributed by atoms with E-state index in [4.69, 9.17) is 11.6 Å². The number of piperazine rings is 1. The highest BCUT2D eigenvalue weighted by Gasteiger charge is 2.43. The van der Waals surface area contributed by atoms with E-state index in [0.717, 1.165) is 4.57 Å². The first kappa shape index (κ1) is 20.0. The molecule has 2 aromatic heterocycles. The summed E-state index contributed by atoms with van der Waals surface area (Å²) in [6, 6.07) is 0. The van der Waals surface area contributed by atoms with Gasteiger partial charge >= 0.3 is 12.1 Å². The number of hydrogen-bond donors (Lipinski definition) is 1. The van der Waals surface area contributed by atoms with E-state index < -0.39 is 23.2 Å². The van der Waals surface area contributed by atoms with Gasteiger partial charge in [-0.3, -0.25) is 9.36 Å². The number of alkyl halides is 3. The highest BCUT2D eigenvalue weighted by atomic mass is 35.5. The monoisotopic (exact) mass is 418 g/mol. The molecule has 0 unspecified atom stereocenters. The molecule has 1 N–H and O–H groups in total. The molecular weight excluding hydrogens is 405 g/mol. The average molecular weight is 419 g/mol. The van der Waals surface area contributed by atoms with Crippen molar-refractivity contribution < 1.29 is 22.8 Å². The number of carbonyl (C=O) groups excluding carboxylic acids is 1. The van der Waals surface area contributed by atoms with Gasteiger partial charge in [-0.1, -0.05) is 5.92 Å². The summed E-state index contributed by atoms with van der Waals surface area (Å²) in [7, 11) is 0. The fraction of sp³-hybridized carbons (Fsp3) is 0.467. The van der Waals surface area contributed by atoms with Crippen LogP contribution >= 0.6 is 11.6 Å². The quantitative estimate of drug-likeness (QED) is 0.562. The summed E-state index contributed by atoms with van der Waals surface area (Å²) in [6.45, 7) is 3.20. The van der Waals surface area contributed by atoms with Gasteiger partial charge in [-0.2, -0.15) is 23.1 Å². The maximum Gasteiger partial charge on any atom is 0.493 e. The van der Waals surface area contributed by atoms with E-state index in [0.29, 0.717) is 30.9 Å². The van der Waals surface area contributed by atoms with Crippen LogP contribution in [-0.4, -0.2) is 57.6 Å². The second kappa shape index (κ2) is 7.69. The second-order valence-electron chi connectivity index (χ2n) is 5.69. The molecule has 150 valence electrons. The van der Waals surface area contributed by atoms with Crippen molar-refractivity contribution in [1.29, 1.82) is 0 Å². The van der Waals surface area contributed by atoms with Crippen molar-refractivity contribution in [2.24, 2.45) is 0 Å². The van der Waals surface area contributed by atoms with E-state index in [1.807, 2.05) is 0 Å². The van der Waals surface area contributed by atoms with Crippen molar-refractivity contribution in [2.45, 2.75) is 19.6 Å². The molecule has 2 aromatic rings. The number of nitrogens with one attached hydrogen (secondary N) is 1. The summed E-state index contributed by atoms with van der Waals surface area (Å²) in [5.41, 5.74) is -1.51. The molecule has 0 spiro atoms. The van der Waals surface area contributed by atoms with Gasteiger partial charge in [-0.15, -0.1) is 10.7 Å². The maximum absolute atomic E-state index is 12.8. The van der Waals surface area contributed by atoms with Crippen LogP contribution in [0.4, 0.5) is 19.1 Å². The zero-order valence-corrected chi connectivity index (χ0v) is 15.3. The zero-order chi connectivity index (χ0) is 20.5. The second-order valence-corrected chi connectivity index (χ2v) is 6.03. The number of halogens is 4. The summed E-state index contributed by atoms with van der Waals surface area (Å²) in [6.07, 6.45) is -5.26. The lowest BCUT2D eigenvalue weighted by molar-refractivity contribution is -0.199. The Labute approximate surface area is 161 Å². The number of fused-ring (bicyclic) bond motifs is 1. The van der Waals surface area contributed by atoms with Crippen molar-refractivity contribution in [3.8, 4) is 11.8 Å². The Morgan fingerprint density at radius 3 is 2.61 bits per heavy atom. The molecule has 3 rings (SSSR count). The molecule has 0 amide bonds. The average Bonchev–Trinajstić information content (AvgIpc) is 2.99. The Kier molecular flexibility index (Phi) is 5.48. The molecule has 1 fully saturated rings. The van der Waals surface area contributed by atoms with Gasteiger partial charge in [-0.25, -0.2) is 4.79 Å². The van der Waals surface area contributed by atoms with Gasteiger partial charge in [0.25, 0.3) is 5.56 Å². The minimum Gasteiger partial charge on any atom is -0.337 e. The highest BCUT2D eigenvalue weighted by Crippen LogP contribution is 2.22. The molecule has 0 atom stereocenters. The first-order valence-electron chi connectivity index (χ1n) is 8.07. The fourth-order valence-corrected chi connectivity index (χ4v) is 2.80. The lowest BCUT2D eigenvalue weighted by Gasteiger charge is -2.28. The molecular formula is C15H14ClF3N6O3. The van der Waals surface area contributed by atoms with Crippen LogP contribution in [0.25, 0.3) is 11.2 Å². The predicted octanol–water partition coefficient (Wildman–Crippen LogP) is 0.197. The number of hydrogen-bond acceptors (Lipinski definition) is 7. The van der Waals surface area contributed by atoms with E-state index in [1.165, 1.54) is 0 Å². The molecule has 1 aliphatic rings. The van der Waals surface area contributed by atoms with Crippen molar-refractivity contribution in [1.82, 2.24) is 24.6 Å². The molecule has 1 aliphatic heterocycles. The molecule has 0 aromatic carbocycles. The Morgan fingerprint density at radius 1 is 1.32 bits per heavy atom. The SMILES string of the molecule is CC#CCn1c(Cl)nc2nc(N3CCNCC3)n(OC(=O)C(F)(F)F)c2c1=O. The molecule has 9 nitrogen and oxygen atoms in total. The van der Waals surface area contributed by atoms with Crippen LogP contribution in [0, 0.1) is 11.8 Å². The van der Waals surface area contributed by atoms with Crippen LogP contribution < -0.4 is 20.6 Å². The topological polar surface area (TPSA) is 94.3 Å². The smallest absolute Gasteiger partial charge is 0.337 e. The molecule has 0 radical (unpaired) electrons. The molecule has 13 heteroatoms. The normalized spacial score (nSPS) is 14.7. The maximum atomic E-state index is 12.8. The van der Waals surface area contributed by atoms with E-state index in [-0.39, 0.29) is 23.4 Å². The van der Waals surface area contributed by atoms with Crippen molar-refractivity contribution in [2.75, 3.05) is 31.1 Å². The standard InChI is InChI=1S/C15H14ClF3N6O3/c1-2-3-6-24-11(26)9-10(21-13(24)16)22-14(23-7-4-20-5-8-23)25(9)28-12(27)15(17,18)19/h20H,4-8H2,1H3. The highest BCUT2D eigenvalue weighted by molar-refractivity contribution is 6.28. The van der Waals surface area contributed by atoms with Crippen LogP contribution in [0.5, 0.6) is 0 Å². The van der Waals surface area contributed by atoms with Crippen LogP contribution in [0.15, 0.2) is 4.79 Å². The molecule has 28 heavy (non-hydrogen) atoms. The zero-order valence-electron chi connectivity index (χ0n) is 14.5. The summed E-state index contributed by atoms with van der Waals surface area (Å²) >= 11 is 5.99. The Bertz CT molecular complexity index is 1030. The molecule has 0 aliphatic carbocycles. The van der Waals surface area contributed by atoms with Crippen LogP contribution in [-0.2, 0) is 11.3 Å². The lowest BCUT2D eigenvalue weighted by Crippen LogP contribution is -2.45. The minimum atomic E-state index is -5.26. The van der Waals surface area contributed by atoms with E-state index in [9.17, 15) is 22.8 Å². The third kappa shape index (κ3) is 3.76. The third-order valence-corrected chi connectivity index (χ3v) is 4.18. The third-order valence-electron chi connectivity index (χ3n) is 3.89. The number of nitrogens with zero attached hydrogens (tertiary/aromatic N) is 5. The van der Waals surface area contributed by atoms with E-state index >= 15 is 0 Å². The number of rotatable bonds is 3. The minimum absolute atomic E-state index is 0.140. The molecule has 0 saturated carbocycles. The summed E-state index contributed by atoms with van der Waals surface area (Å²) in [4.78, 5) is 38.4. The lowest BCUT2D eigenvalue weighted by atomic mass is 10.4. The predicted molar refractivity (Wildman–Crippen MR) is 93.0 cm³/mol. The van der Waals surface area contributed by atoms with Crippen LogP contribution in [0.1, 0.15) is 6.92 Å². The summed E-state index contributed by atoms with van der Waals surface area (Å²) in [5, 5.41) is 2.83. The fourth-order valence-electron chi connectivity index (χ4n) is 2.58. The number of anilines is 1. The van der Waals surface area contributed by atoms with Gasteiger partial charge in [0, 0.05) is 26.2 Å². The van der Waals surface area contributed by atoms with E-state index in [2.05, 4.69) is 32.0 Å². The molecule has 0 bridgehead atoms. The molecule has 3 heterocycles. The summed E-state index contributed by atoms with van der Waals surface area (Å²) in [5.74, 6) is 2.56. The number of aromatic nitrogens is 4. The van der Waals surface area contributed by atoms with Crippen molar-refractivity contribution >= 4 is 34.7 Å². The van der Waals surface area contributed by atoms with Gasteiger partial charge in [0.05, 0.1) is 6.54 Å². The Morgan fingerprint density at radius 2 is 2.00 bits per heavy atom. The number of imidazole rings is 1. The van der Waals surface area contributed by atoms with Crippen molar-refractivity contribution in [3.05, 3.63) is 15.6 Å². The first-order valence-corrected chi connectivity index (χ1v) is 8.45. The summed E-state index contributed by atoms with van der Waals surface area (Å²) < 4.78 is 39.7. The van der Waals surface area contributed by atoms with Gasteiger partial charge < -0.3 is 15.1 Å². The van der Waals surface area contributed by atoms with E-state index in [1.54, 1.807) is 11.8 Å². The number of carbonyl (C=O) groups is 1. The van der Waals surface area contributed by atoms with Crippen molar-refractivity contribution in [3.63, 3.8) is 0 Å². The Hall–Kier alpha value is -2.78. The Balaban J connectivity index is 2.21. The van der Waals surface area contributed by atoms with Gasteiger partial charge in [0.2, 0.25) is 11.2 Å².